The zero-order valence-corrected chi connectivity index (χ0v) is 14.4. The van der Waals surface area contributed by atoms with E-state index in [1.54, 1.807) is 12.1 Å². The Morgan fingerprint density at radius 2 is 1.79 bits per heavy atom. The van der Waals surface area contributed by atoms with Crippen LogP contribution in [0.3, 0.4) is 0 Å². The molecule has 0 aliphatic heterocycles. The predicted octanol–water partition coefficient (Wildman–Crippen LogP) is 3.97. The van der Waals surface area contributed by atoms with E-state index >= 15 is 0 Å². The lowest BCUT2D eigenvalue weighted by atomic mass is 9.96. The summed E-state index contributed by atoms with van der Waals surface area (Å²) in [6.45, 7) is 0.461. The van der Waals surface area contributed by atoms with Crippen molar-refractivity contribution >= 4 is 28.0 Å². The molecule has 0 unspecified atom stereocenters. The molecule has 6 heteroatoms. The molecule has 0 bridgehead atoms. The molecule has 2 aromatic carbocycles. The summed E-state index contributed by atoms with van der Waals surface area (Å²) in [6.07, 6.45) is 1.36. The third-order valence-corrected chi connectivity index (χ3v) is 4.73. The molecule has 2 aromatic rings. The topological polar surface area (TPSA) is 75.6 Å². The molecule has 1 aliphatic rings. The number of amides is 1. The maximum Gasteiger partial charge on any atom is 0.412 e. The minimum absolute atomic E-state index is 0.0380. The van der Waals surface area contributed by atoms with Crippen LogP contribution in [0.5, 0.6) is 5.75 Å². The number of carbonyl (C=O) groups excluding carboxylic acids is 1. The van der Waals surface area contributed by atoms with Crippen molar-refractivity contribution in [3.05, 3.63) is 64.1 Å². The number of hydrogen-bond acceptors (Lipinski definition) is 3. The summed E-state index contributed by atoms with van der Waals surface area (Å²) < 4.78 is 6.16. The van der Waals surface area contributed by atoms with Gasteiger partial charge in [-0.25, -0.2) is 9.59 Å². The van der Waals surface area contributed by atoms with Crippen molar-refractivity contribution in [3.8, 4) is 5.75 Å². The molecule has 1 amide bonds. The van der Waals surface area contributed by atoms with Crippen molar-refractivity contribution in [3.63, 3.8) is 0 Å². The summed E-state index contributed by atoms with van der Waals surface area (Å²) in [7, 11) is 0. The molecule has 5 nitrogen and oxygen atoms in total. The van der Waals surface area contributed by atoms with Gasteiger partial charge in [0.05, 0.1) is 0 Å². The van der Waals surface area contributed by atoms with Gasteiger partial charge in [0.1, 0.15) is 11.3 Å². The molecule has 124 valence electrons. The van der Waals surface area contributed by atoms with Crippen LogP contribution in [0.1, 0.15) is 28.8 Å². The SMILES string of the molecule is O=C(NCC1(c2ccc(Br)cc2)CC1)Oc1ccccc1C(=O)O. The van der Waals surface area contributed by atoms with Crippen LogP contribution < -0.4 is 10.1 Å². The Balaban J connectivity index is 1.62. The quantitative estimate of drug-likeness (QED) is 0.810. The molecule has 1 fully saturated rings. The van der Waals surface area contributed by atoms with E-state index in [1.165, 1.54) is 17.7 Å². The van der Waals surface area contributed by atoms with E-state index in [2.05, 4.69) is 21.2 Å². The van der Waals surface area contributed by atoms with E-state index in [4.69, 9.17) is 9.84 Å². The first-order chi connectivity index (χ1) is 11.5. The fourth-order valence-electron chi connectivity index (χ4n) is 2.63. The van der Waals surface area contributed by atoms with Crippen molar-refractivity contribution < 1.29 is 19.4 Å². The highest BCUT2D eigenvalue weighted by molar-refractivity contribution is 9.10. The van der Waals surface area contributed by atoms with Crippen LogP contribution in [0.2, 0.25) is 0 Å². The Bertz CT molecular complexity index is 769. The van der Waals surface area contributed by atoms with Gasteiger partial charge in [0.2, 0.25) is 0 Å². The number of aromatic carboxylic acids is 1. The third-order valence-electron chi connectivity index (χ3n) is 4.20. The largest absolute Gasteiger partial charge is 0.478 e. The third kappa shape index (κ3) is 3.59. The number of benzene rings is 2. The Labute approximate surface area is 147 Å². The average molecular weight is 390 g/mol. The lowest BCUT2D eigenvalue weighted by Crippen LogP contribution is -2.34. The second-order valence-electron chi connectivity index (χ2n) is 5.83. The van der Waals surface area contributed by atoms with Crippen LogP contribution in [0, 0.1) is 0 Å². The number of rotatable bonds is 5. The second-order valence-corrected chi connectivity index (χ2v) is 6.75. The predicted molar refractivity (Wildman–Crippen MR) is 92.5 cm³/mol. The van der Waals surface area contributed by atoms with Crippen molar-refractivity contribution in [2.45, 2.75) is 18.3 Å². The van der Waals surface area contributed by atoms with E-state index in [0.29, 0.717) is 6.54 Å². The van der Waals surface area contributed by atoms with Gasteiger partial charge in [0.15, 0.2) is 0 Å². The minimum Gasteiger partial charge on any atom is -0.478 e. The summed E-state index contributed by atoms with van der Waals surface area (Å²) in [4.78, 5) is 23.1. The van der Waals surface area contributed by atoms with E-state index in [9.17, 15) is 9.59 Å². The number of carboxylic acids is 1. The van der Waals surface area contributed by atoms with Crippen LogP contribution in [0.4, 0.5) is 4.79 Å². The smallest absolute Gasteiger partial charge is 0.412 e. The first kappa shape index (κ1) is 16.5. The minimum atomic E-state index is -1.13. The average Bonchev–Trinajstić information content (AvgIpc) is 3.35. The number of ether oxygens (including phenoxy) is 1. The van der Waals surface area contributed by atoms with Crippen LogP contribution in [0.15, 0.2) is 53.0 Å². The molecular weight excluding hydrogens is 374 g/mol. The maximum absolute atomic E-state index is 12.0. The van der Waals surface area contributed by atoms with Crippen LogP contribution in [-0.2, 0) is 5.41 Å². The fourth-order valence-corrected chi connectivity index (χ4v) is 2.90. The van der Waals surface area contributed by atoms with Gasteiger partial charge in [-0.05, 0) is 42.7 Å². The Morgan fingerprint density at radius 3 is 2.42 bits per heavy atom. The molecule has 0 spiro atoms. The molecule has 0 aromatic heterocycles. The molecule has 1 aliphatic carbocycles. The summed E-state index contributed by atoms with van der Waals surface area (Å²) in [5, 5.41) is 11.9. The summed E-state index contributed by atoms with van der Waals surface area (Å²) in [5.74, 6) is -1.09. The standard InChI is InChI=1S/C18H16BrNO4/c19-13-7-5-12(6-8-13)18(9-10-18)11-20-17(23)24-15-4-2-1-3-14(15)16(21)22/h1-8H,9-11H2,(H,20,23)(H,21,22). The monoisotopic (exact) mass is 389 g/mol. The highest BCUT2D eigenvalue weighted by Crippen LogP contribution is 2.47. The molecule has 24 heavy (non-hydrogen) atoms. The van der Waals surface area contributed by atoms with Crippen LogP contribution in [-0.4, -0.2) is 23.7 Å². The molecule has 2 N–H and O–H groups in total. The maximum atomic E-state index is 12.0. The molecule has 0 radical (unpaired) electrons. The molecule has 0 heterocycles. The van der Waals surface area contributed by atoms with E-state index in [1.807, 2.05) is 24.3 Å². The highest BCUT2D eigenvalue weighted by atomic mass is 79.9. The number of halogens is 1. The number of nitrogens with one attached hydrogen (secondary N) is 1. The van der Waals surface area contributed by atoms with Crippen molar-refractivity contribution in [1.29, 1.82) is 0 Å². The van der Waals surface area contributed by atoms with Crippen LogP contribution in [0.25, 0.3) is 0 Å². The number of hydrogen-bond donors (Lipinski definition) is 2. The molecule has 3 rings (SSSR count). The van der Waals surface area contributed by atoms with Gasteiger partial charge in [-0.3, -0.25) is 0 Å². The Morgan fingerprint density at radius 1 is 1.12 bits per heavy atom. The first-order valence-electron chi connectivity index (χ1n) is 7.54. The van der Waals surface area contributed by atoms with Gasteiger partial charge < -0.3 is 15.2 Å². The number of carbonyl (C=O) groups is 2. The van der Waals surface area contributed by atoms with Gasteiger partial charge in [0, 0.05) is 16.4 Å². The van der Waals surface area contributed by atoms with Crippen molar-refractivity contribution in [2.75, 3.05) is 6.54 Å². The normalized spacial score (nSPS) is 14.7. The number of para-hydroxylation sites is 1. The Hall–Kier alpha value is -2.34. The van der Waals surface area contributed by atoms with Crippen molar-refractivity contribution in [1.82, 2.24) is 5.32 Å². The summed E-state index contributed by atoms with van der Waals surface area (Å²) in [5.41, 5.74) is 1.09. The van der Waals surface area contributed by atoms with Crippen LogP contribution >= 0.6 is 15.9 Å². The fraction of sp³-hybridized carbons (Fsp3) is 0.222. The second kappa shape index (κ2) is 6.65. The summed E-state index contributed by atoms with van der Waals surface area (Å²) >= 11 is 3.41. The lowest BCUT2D eigenvalue weighted by Gasteiger charge is -2.17. The molecule has 1 saturated carbocycles. The van der Waals surface area contributed by atoms with Gasteiger partial charge in [-0.15, -0.1) is 0 Å². The highest BCUT2D eigenvalue weighted by Gasteiger charge is 2.44. The molecule has 0 atom stereocenters. The van der Waals surface area contributed by atoms with Gasteiger partial charge >= 0.3 is 12.1 Å². The zero-order chi connectivity index (χ0) is 17.2. The van der Waals surface area contributed by atoms with Gasteiger partial charge in [-0.1, -0.05) is 40.2 Å². The Kier molecular flexibility index (Phi) is 4.57. The lowest BCUT2D eigenvalue weighted by molar-refractivity contribution is 0.0694. The van der Waals surface area contributed by atoms with Gasteiger partial charge in [-0.2, -0.15) is 0 Å². The van der Waals surface area contributed by atoms with Gasteiger partial charge in [0.25, 0.3) is 0 Å². The van der Waals surface area contributed by atoms with E-state index < -0.39 is 12.1 Å². The molecule has 0 saturated heterocycles. The van der Waals surface area contributed by atoms with Crippen molar-refractivity contribution in [2.24, 2.45) is 0 Å². The van der Waals surface area contributed by atoms with E-state index in [0.717, 1.165) is 17.3 Å². The zero-order valence-electron chi connectivity index (χ0n) is 12.8. The summed E-state index contributed by atoms with van der Waals surface area (Å²) in [6, 6.07) is 14.1. The van der Waals surface area contributed by atoms with E-state index in [-0.39, 0.29) is 16.7 Å². The first-order valence-corrected chi connectivity index (χ1v) is 8.34. The number of carboxylic acid groups (broad SMARTS) is 1. The molecular formula is C18H16BrNO4.